The van der Waals surface area contributed by atoms with Crippen LogP contribution in [0.15, 0.2) is 9.21 Å². The zero-order valence-electron chi connectivity index (χ0n) is 14.4. The molecule has 0 unspecified atom stereocenters. The van der Waals surface area contributed by atoms with Gasteiger partial charge in [-0.15, -0.1) is 0 Å². The number of furan rings is 1. The zero-order valence-corrected chi connectivity index (χ0v) is 14.4. The van der Waals surface area contributed by atoms with Crippen LogP contribution in [-0.2, 0) is 4.79 Å². The van der Waals surface area contributed by atoms with Gasteiger partial charge in [-0.3, -0.25) is 19.8 Å². The Labute approximate surface area is 140 Å². The van der Waals surface area contributed by atoms with E-state index in [1.807, 2.05) is 0 Å². The molecule has 1 aliphatic rings. The van der Waals surface area contributed by atoms with E-state index < -0.39 is 0 Å². The third kappa shape index (κ3) is 3.21. The molecule has 2 N–H and O–H groups in total. The van der Waals surface area contributed by atoms with Gasteiger partial charge in [-0.2, -0.15) is 5.10 Å². The lowest BCUT2D eigenvalue weighted by Crippen LogP contribution is -2.40. The van der Waals surface area contributed by atoms with Crippen LogP contribution in [0.2, 0.25) is 0 Å². The van der Waals surface area contributed by atoms with Crippen LogP contribution in [0.1, 0.15) is 37.6 Å². The monoisotopic (exact) mass is 332 g/mol. The highest BCUT2D eigenvalue weighted by molar-refractivity contribution is 6.01. The molecular weight excluding hydrogens is 308 g/mol. The number of hydrogen-bond donors (Lipinski definition) is 2. The molecule has 1 fully saturated rings. The Kier molecular flexibility index (Phi) is 4.71. The van der Waals surface area contributed by atoms with Crippen LogP contribution in [0.4, 0.5) is 5.88 Å². The van der Waals surface area contributed by atoms with E-state index in [2.05, 4.69) is 27.3 Å². The number of carbonyl (C=O) groups excluding carboxylic acids is 1. The Balaban J connectivity index is 1.77. The van der Waals surface area contributed by atoms with Crippen molar-refractivity contribution in [1.82, 2.24) is 15.1 Å². The van der Waals surface area contributed by atoms with Crippen molar-refractivity contribution in [2.24, 2.45) is 5.92 Å². The van der Waals surface area contributed by atoms with Crippen LogP contribution >= 0.6 is 0 Å². The average molecular weight is 332 g/mol. The SMILES string of the molecule is CC[C@H]1CCCN(CC(=O)Nc2oc(C)c3c(C)n[nH]c(=O)c23)C1. The lowest BCUT2D eigenvalue weighted by molar-refractivity contribution is -0.117. The van der Waals surface area contributed by atoms with E-state index in [0.29, 0.717) is 34.7 Å². The van der Waals surface area contributed by atoms with Crippen LogP contribution in [0.3, 0.4) is 0 Å². The van der Waals surface area contributed by atoms with Gasteiger partial charge >= 0.3 is 0 Å². The van der Waals surface area contributed by atoms with Gasteiger partial charge in [0.05, 0.1) is 17.6 Å². The van der Waals surface area contributed by atoms with Crippen molar-refractivity contribution in [3.63, 3.8) is 0 Å². The molecule has 2 aromatic rings. The van der Waals surface area contributed by atoms with E-state index in [1.54, 1.807) is 13.8 Å². The maximum absolute atomic E-state index is 12.4. The molecule has 7 heteroatoms. The number of carbonyl (C=O) groups is 1. The number of piperidine rings is 1. The first kappa shape index (κ1) is 16.7. The highest BCUT2D eigenvalue weighted by Gasteiger charge is 2.22. The predicted octanol–water partition coefficient (Wildman–Crippen LogP) is 2.19. The van der Waals surface area contributed by atoms with Crippen LogP contribution in [-0.4, -0.2) is 40.6 Å². The fourth-order valence-electron chi connectivity index (χ4n) is 3.53. The molecule has 130 valence electrons. The second-order valence-electron chi connectivity index (χ2n) is 6.58. The number of hydrogen-bond acceptors (Lipinski definition) is 5. The number of amides is 1. The van der Waals surface area contributed by atoms with Crippen molar-refractivity contribution in [1.29, 1.82) is 0 Å². The molecule has 7 nitrogen and oxygen atoms in total. The molecule has 0 bridgehead atoms. The Morgan fingerprint density at radius 2 is 2.21 bits per heavy atom. The quantitative estimate of drug-likeness (QED) is 0.895. The van der Waals surface area contributed by atoms with Crippen molar-refractivity contribution in [3.05, 3.63) is 21.8 Å². The molecule has 1 amide bonds. The largest absolute Gasteiger partial charge is 0.444 e. The summed E-state index contributed by atoms with van der Waals surface area (Å²) in [4.78, 5) is 26.6. The van der Waals surface area contributed by atoms with Crippen molar-refractivity contribution >= 4 is 22.6 Å². The molecule has 3 heterocycles. The standard InChI is InChI=1S/C17H24N4O3/c1-4-12-6-5-7-21(8-12)9-13(22)18-17-15-14(11(3)24-17)10(2)19-20-16(15)23/h12H,4-9H2,1-3H3,(H,18,22)(H,20,23)/t12-/m0/s1. The topological polar surface area (TPSA) is 91.2 Å². The van der Waals surface area contributed by atoms with Gasteiger partial charge < -0.3 is 4.42 Å². The molecule has 1 aliphatic heterocycles. The predicted molar refractivity (Wildman–Crippen MR) is 92.2 cm³/mol. The molecule has 0 aliphatic carbocycles. The fourth-order valence-corrected chi connectivity index (χ4v) is 3.53. The van der Waals surface area contributed by atoms with Crippen molar-refractivity contribution < 1.29 is 9.21 Å². The summed E-state index contributed by atoms with van der Waals surface area (Å²) < 4.78 is 5.62. The van der Waals surface area contributed by atoms with E-state index in [4.69, 9.17) is 4.42 Å². The summed E-state index contributed by atoms with van der Waals surface area (Å²) in [5.41, 5.74) is 0.319. The van der Waals surface area contributed by atoms with Gasteiger partial charge in [-0.05, 0) is 39.2 Å². The second-order valence-corrected chi connectivity index (χ2v) is 6.58. The number of nitrogens with one attached hydrogen (secondary N) is 2. The molecule has 2 aromatic heterocycles. The molecule has 1 atom stereocenters. The van der Waals surface area contributed by atoms with Gasteiger partial charge in [-0.1, -0.05) is 13.3 Å². The molecule has 1 saturated heterocycles. The highest BCUT2D eigenvalue weighted by Crippen LogP contribution is 2.28. The third-order valence-corrected chi connectivity index (χ3v) is 4.80. The number of rotatable bonds is 4. The lowest BCUT2D eigenvalue weighted by Gasteiger charge is -2.31. The molecule has 0 radical (unpaired) electrons. The fraction of sp³-hybridized carbons (Fsp3) is 0.588. The summed E-state index contributed by atoms with van der Waals surface area (Å²) in [6.07, 6.45) is 3.50. The molecule has 3 rings (SSSR count). The lowest BCUT2D eigenvalue weighted by atomic mass is 9.96. The molecule has 0 aromatic carbocycles. The number of fused-ring (bicyclic) bond motifs is 1. The van der Waals surface area contributed by atoms with E-state index in [0.717, 1.165) is 25.9 Å². The number of H-pyrrole nitrogens is 1. The highest BCUT2D eigenvalue weighted by atomic mass is 16.4. The number of aryl methyl sites for hydroxylation is 2. The van der Waals surface area contributed by atoms with Gasteiger partial charge in [0.1, 0.15) is 11.1 Å². The van der Waals surface area contributed by atoms with Crippen molar-refractivity contribution in [2.45, 2.75) is 40.0 Å². The summed E-state index contributed by atoms with van der Waals surface area (Å²) in [7, 11) is 0. The van der Waals surface area contributed by atoms with Gasteiger partial charge in [0.15, 0.2) is 0 Å². The molecule has 0 saturated carbocycles. The minimum atomic E-state index is -0.355. The third-order valence-electron chi connectivity index (χ3n) is 4.80. The van der Waals surface area contributed by atoms with Gasteiger partial charge in [0.2, 0.25) is 11.8 Å². The summed E-state index contributed by atoms with van der Waals surface area (Å²) in [6.45, 7) is 7.96. The number of likely N-dealkylation sites (tertiary alicyclic amines) is 1. The zero-order chi connectivity index (χ0) is 17.3. The van der Waals surface area contributed by atoms with Gasteiger partial charge in [-0.25, -0.2) is 5.10 Å². The first-order chi connectivity index (χ1) is 11.5. The molecular formula is C17H24N4O3. The Hall–Kier alpha value is -2.15. The minimum Gasteiger partial charge on any atom is -0.444 e. The van der Waals surface area contributed by atoms with E-state index in [1.165, 1.54) is 6.42 Å². The Morgan fingerprint density at radius 1 is 1.42 bits per heavy atom. The van der Waals surface area contributed by atoms with Crippen LogP contribution in [0.25, 0.3) is 10.8 Å². The normalized spacial score (nSPS) is 18.9. The number of aromatic nitrogens is 2. The van der Waals surface area contributed by atoms with E-state index in [9.17, 15) is 9.59 Å². The first-order valence-corrected chi connectivity index (χ1v) is 8.50. The van der Waals surface area contributed by atoms with Gasteiger partial charge in [0, 0.05) is 6.54 Å². The number of anilines is 1. The Bertz CT molecular complexity index is 808. The smallest absolute Gasteiger partial charge is 0.277 e. The summed E-state index contributed by atoms with van der Waals surface area (Å²) in [5.74, 6) is 1.30. The van der Waals surface area contributed by atoms with E-state index in [-0.39, 0.29) is 17.4 Å². The van der Waals surface area contributed by atoms with Crippen LogP contribution < -0.4 is 10.9 Å². The Morgan fingerprint density at radius 3 is 2.96 bits per heavy atom. The maximum Gasteiger partial charge on any atom is 0.277 e. The van der Waals surface area contributed by atoms with Crippen molar-refractivity contribution in [3.8, 4) is 0 Å². The summed E-state index contributed by atoms with van der Waals surface area (Å²) in [5, 5.41) is 10.2. The minimum absolute atomic E-state index is 0.156. The van der Waals surface area contributed by atoms with Crippen molar-refractivity contribution in [2.75, 3.05) is 25.0 Å². The first-order valence-electron chi connectivity index (χ1n) is 8.50. The summed E-state index contributed by atoms with van der Waals surface area (Å²) in [6, 6.07) is 0. The molecule has 0 spiro atoms. The van der Waals surface area contributed by atoms with Crippen LogP contribution in [0.5, 0.6) is 0 Å². The van der Waals surface area contributed by atoms with Gasteiger partial charge in [0.25, 0.3) is 5.56 Å². The number of nitrogens with zero attached hydrogens (tertiary/aromatic N) is 2. The summed E-state index contributed by atoms with van der Waals surface area (Å²) >= 11 is 0. The van der Waals surface area contributed by atoms with Crippen LogP contribution in [0, 0.1) is 19.8 Å². The van der Waals surface area contributed by atoms with E-state index >= 15 is 0 Å². The number of aromatic amines is 1. The molecule has 24 heavy (non-hydrogen) atoms. The second kappa shape index (κ2) is 6.76. The maximum atomic E-state index is 12.4. The average Bonchev–Trinajstić information content (AvgIpc) is 2.88.